The van der Waals surface area contributed by atoms with Gasteiger partial charge in [0.1, 0.15) is 5.78 Å². The molecule has 0 spiro atoms. The third-order valence-electron chi connectivity index (χ3n) is 4.94. The van der Waals surface area contributed by atoms with E-state index < -0.39 is 0 Å². The van der Waals surface area contributed by atoms with E-state index in [1.807, 2.05) is 4.90 Å². The van der Waals surface area contributed by atoms with Crippen molar-refractivity contribution in [2.45, 2.75) is 38.1 Å². The Balaban J connectivity index is 1.44. The van der Waals surface area contributed by atoms with Crippen molar-refractivity contribution in [3.63, 3.8) is 0 Å². The molecule has 3 saturated heterocycles. The van der Waals surface area contributed by atoms with Crippen molar-refractivity contribution in [3.05, 3.63) is 0 Å². The lowest BCUT2D eigenvalue weighted by atomic mass is 10.1. The summed E-state index contributed by atoms with van der Waals surface area (Å²) in [5, 5.41) is 0. The summed E-state index contributed by atoms with van der Waals surface area (Å²) in [5.74, 6) is 0.504. The quantitative estimate of drug-likeness (QED) is 0.748. The van der Waals surface area contributed by atoms with E-state index in [2.05, 4.69) is 9.80 Å². The smallest absolute Gasteiger partial charge is 0.236 e. The van der Waals surface area contributed by atoms with Crippen molar-refractivity contribution in [1.82, 2.24) is 14.7 Å². The summed E-state index contributed by atoms with van der Waals surface area (Å²) in [7, 11) is 0. The highest BCUT2D eigenvalue weighted by atomic mass is 16.2. The van der Waals surface area contributed by atoms with Gasteiger partial charge in [0.25, 0.3) is 0 Å². The Morgan fingerprint density at radius 3 is 2.45 bits per heavy atom. The van der Waals surface area contributed by atoms with Crippen LogP contribution in [-0.2, 0) is 9.59 Å². The Bertz CT molecular complexity index is 369. The molecule has 112 valence electrons. The Labute approximate surface area is 120 Å². The number of rotatable bonds is 3. The van der Waals surface area contributed by atoms with Crippen LogP contribution in [0.4, 0.5) is 0 Å². The Kier molecular flexibility index (Phi) is 4.36. The molecule has 0 N–H and O–H groups in total. The van der Waals surface area contributed by atoms with E-state index in [9.17, 15) is 9.59 Å². The fourth-order valence-corrected chi connectivity index (χ4v) is 3.66. The minimum atomic E-state index is 0.208. The molecular formula is C15H25N3O2. The van der Waals surface area contributed by atoms with E-state index in [1.54, 1.807) is 0 Å². The molecule has 3 heterocycles. The van der Waals surface area contributed by atoms with Crippen molar-refractivity contribution in [1.29, 1.82) is 0 Å². The summed E-state index contributed by atoms with van der Waals surface area (Å²) in [6.07, 6.45) is 4.95. The Hall–Kier alpha value is -0.940. The summed E-state index contributed by atoms with van der Waals surface area (Å²) in [6.45, 7) is 6.35. The molecule has 3 aliphatic heterocycles. The molecule has 1 amide bonds. The second-order valence-corrected chi connectivity index (χ2v) is 6.34. The molecule has 0 aromatic heterocycles. The van der Waals surface area contributed by atoms with Gasteiger partial charge in [-0.1, -0.05) is 0 Å². The number of carbonyl (C=O) groups is 2. The molecule has 0 saturated carbocycles. The van der Waals surface area contributed by atoms with E-state index in [1.165, 1.54) is 32.4 Å². The predicted octanol–water partition coefficient (Wildman–Crippen LogP) is 0.348. The zero-order valence-electron chi connectivity index (χ0n) is 12.2. The molecule has 20 heavy (non-hydrogen) atoms. The van der Waals surface area contributed by atoms with Crippen LogP contribution in [0.25, 0.3) is 0 Å². The number of Topliss-reactive ketones (excluding diaryl/α,β-unsaturated/α-hetero) is 1. The van der Waals surface area contributed by atoms with Crippen molar-refractivity contribution < 1.29 is 9.59 Å². The highest BCUT2D eigenvalue weighted by Gasteiger charge is 2.31. The molecule has 3 aliphatic rings. The van der Waals surface area contributed by atoms with E-state index in [0.29, 0.717) is 44.3 Å². The van der Waals surface area contributed by atoms with Gasteiger partial charge < -0.3 is 4.90 Å². The number of ketones is 1. The van der Waals surface area contributed by atoms with Crippen LogP contribution in [0.15, 0.2) is 0 Å². The molecule has 3 rings (SSSR count). The van der Waals surface area contributed by atoms with Gasteiger partial charge in [-0.25, -0.2) is 0 Å². The van der Waals surface area contributed by atoms with Gasteiger partial charge in [0.2, 0.25) is 5.91 Å². The van der Waals surface area contributed by atoms with Gasteiger partial charge in [0.05, 0.1) is 6.54 Å². The van der Waals surface area contributed by atoms with Crippen LogP contribution in [0, 0.1) is 0 Å². The second-order valence-electron chi connectivity index (χ2n) is 6.34. The Morgan fingerprint density at radius 2 is 1.75 bits per heavy atom. The average molecular weight is 279 g/mol. The molecule has 1 unspecified atom stereocenters. The summed E-state index contributed by atoms with van der Waals surface area (Å²) in [6, 6.07) is 0.660. The molecule has 0 aliphatic carbocycles. The molecule has 5 heteroatoms. The number of likely N-dealkylation sites (tertiary alicyclic amines) is 3. The minimum Gasteiger partial charge on any atom is -0.341 e. The lowest BCUT2D eigenvalue weighted by molar-refractivity contribution is -0.135. The first-order valence-electron chi connectivity index (χ1n) is 7.98. The van der Waals surface area contributed by atoms with Gasteiger partial charge in [-0.05, 0) is 32.4 Å². The fourth-order valence-electron chi connectivity index (χ4n) is 3.66. The number of amides is 1. The third kappa shape index (κ3) is 3.20. The lowest BCUT2D eigenvalue weighted by Crippen LogP contribution is -2.44. The van der Waals surface area contributed by atoms with Crippen LogP contribution in [0.3, 0.4) is 0 Å². The van der Waals surface area contributed by atoms with Crippen molar-refractivity contribution in [2.75, 3.05) is 45.8 Å². The van der Waals surface area contributed by atoms with Gasteiger partial charge in [-0.2, -0.15) is 0 Å². The van der Waals surface area contributed by atoms with E-state index in [4.69, 9.17) is 0 Å². The second kappa shape index (κ2) is 6.22. The molecule has 0 aromatic carbocycles. The molecule has 0 aromatic rings. The zero-order valence-corrected chi connectivity index (χ0v) is 12.2. The maximum Gasteiger partial charge on any atom is 0.236 e. The SMILES string of the molecule is O=C1CCN(C(=O)CN2CCC(N3CCCC3)C2)CC1. The van der Waals surface area contributed by atoms with Crippen LogP contribution >= 0.6 is 0 Å². The molecule has 0 radical (unpaired) electrons. The fraction of sp³-hybridized carbons (Fsp3) is 0.867. The summed E-state index contributed by atoms with van der Waals surface area (Å²) >= 11 is 0. The first-order chi connectivity index (χ1) is 9.72. The average Bonchev–Trinajstić information content (AvgIpc) is 3.09. The first kappa shape index (κ1) is 14.0. The summed E-state index contributed by atoms with van der Waals surface area (Å²) < 4.78 is 0. The van der Waals surface area contributed by atoms with E-state index in [0.717, 1.165) is 13.1 Å². The van der Waals surface area contributed by atoms with Crippen molar-refractivity contribution in [3.8, 4) is 0 Å². The van der Waals surface area contributed by atoms with Crippen LogP contribution in [0.5, 0.6) is 0 Å². The van der Waals surface area contributed by atoms with Crippen molar-refractivity contribution >= 4 is 11.7 Å². The van der Waals surface area contributed by atoms with Gasteiger partial charge in [-0.15, -0.1) is 0 Å². The Morgan fingerprint density at radius 1 is 1.05 bits per heavy atom. The topological polar surface area (TPSA) is 43.9 Å². The van der Waals surface area contributed by atoms with Crippen LogP contribution < -0.4 is 0 Å². The predicted molar refractivity (Wildman–Crippen MR) is 76.5 cm³/mol. The molecule has 3 fully saturated rings. The van der Waals surface area contributed by atoms with Crippen molar-refractivity contribution in [2.24, 2.45) is 0 Å². The largest absolute Gasteiger partial charge is 0.341 e. The first-order valence-corrected chi connectivity index (χ1v) is 7.98. The standard InChI is InChI=1S/C15H25N3O2/c19-14-4-9-18(10-5-14)15(20)12-16-8-3-13(11-16)17-6-1-2-7-17/h13H,1-12H2. The van der Waals surface area contributed by atoms with Crippen LogP contribution in [0.1, 0.15) is 32.1 Å². The number of hydrogen-bond donors (Lipinski definition) is 0. The normalized spacial score (nSPS) is 29.3. The molecule has 1 atom stereocenters. The minimum absolute atomic E-state index is 0.208. The lowest BCUT2D eigenvalue weighted by Gasteiger charge is -2.28. The number of piperidine rings is 1. The molecule has 5 nitrogen and oxygen atoms in total. The van der Waals surface area contributed by atoms with Crippen LogP contribution in [0.2, 0.25) is 0 Å². The zero-order chi connectivity index (χ0) is 13.9. The summed E-state index contributed by atoms with van der Waals surface area (Å²) in [5.41, 5.74) is 0. The third-order valence-corrected chi connectivity index (χ3v) is 4.94. The number of carbonyl (C=O) groups excluding carboxylic acids is 2. The number of nitrogens with zero attached hydrogens (tertiary/aromatic N) is 3. The highest BCUT2D eigenvalue weighted by Crippen LogP contribution is 2.20. The maximum atomic E-state index is 12.2. The highest BCUT2D eigenvalue weighted by molar-refractivity contribution is 5.84. The summed E-state index contributed by atoms with van der Waals surface area (Å²) in [4.78, 5) is 30.2. The molecule has 0 bridgehead atoms. The monoisotopic (exact) mass is 279 g/mol. The maximum absolute atomic E-state index is 12.2. The van der Waals surface area contributed by atoms with Crippen LogP contribution in [-0.4, -0.2) is 78.2 Å². The number of hydrogen-bond acceptors (Lipinski definition) is 4. The molecular weight excluding hydrogens is 254 g/mol. The van der Waals surface area contributed by atoms with E-state index >= 15 is 0 Å². The van der Waals surface area contributed by atoms with Gasteiger partial charge in [0, 0.05) is 45.1 Å². The van der Waals surface area contributed by atoms with Gasteiger partial charge in [-0.3, -0.25) is 19.4 Å². The van der Waals surface area contributed by atoms with E-state index in [-0.39, 0.29) is 5.91 Å². The van der Waals surface area contributed by atoms with Gasteiger partial charge in [0.15, 0.2) is 0 Å². The van der Waals surface area contributed by atoms with Gasteiger partial charge >= 0.3 is 0 Å².